The zero-order valence-electron chi connectivity index (χ0n) is 11.1. The molecule has 0 radical (unpaired) electrons. The molecule has 0 bridgehead atoms. The van der Waals surface area contributed by atoms with E-state index in [-0.39, 0.29) is 25.3 Å². The van der Waals surface area contributed by atoms with Crippen molar-refractivity contribution in [2.75, 3.05) is 13.2 Å². The summed E-state index contributed by atoms with van der Waals surface area (Å²) in [6.45, 7) is 0.372. The fraction of sp³-hybridized carbons (Fsp3) is 0.538. The topological polar surface area (TPSA) is 46.6 Å². The standard InChI is InChI=1S/C13H14F3NO3S/c14-9-6-8(7-10(15)13(9)16)21(18,19)17-4-5-20-12-3-1-2-11(12)17/h6-7,11-12H,1-5H2/t11-,12+/m0/s1. The summed E-state index contributed by atoms with van der Waals surface area (Å²) >= 11 is 0. The average molecular weight is 321 g/mol. The third kappa shape index (κ3) is 2.45. The number of hydrogen-bond donors (Lipinski definition) is 0. The van der Waals surface area contributed by atoms with Crippen LogP contribution >= 0.6 is 0 Å². The van der Waals surface area contributed by atoms with Crippen LogP contribution in [0.5, 0.6) is 0 Å². The van der Waals surface area contributed by atoms with Gasteiger partial charge in [-0.3, -0.25) is 0 Å². The van der Waals surface area contributed by atoms with Gasteiger partial charge in [-0.25, -0.2) is 21.6 Å². The largest absolute Gasteiger partial charge is 0.375 e. The van der Waals surface area contributed by atoms with Crippen LogP contribution in [-0.2, 0) is 14.8 Å². The first kappa shape index (κ1) is 14.8. The summed E-state index contributed by atoms with van der Waals surface area (Å²) in [6.07, 6.45) is 2.08. The Kier molecular flexibility index (Phi) is 3.71. The summed E-state index contributed by atoms with van der Waals surface area (Å²) in [5.41, 5.74) is 0. The highest BCUT2D eigenvalue weighted by atomic mass is 32.2. The SMILES string of the molecule is O=S(=O)(c1cc(F)c(F)c(F)c1)N1CCO[C@@H]2CCC[C@@H]21. The molecule has 0 amide bonds. The van der Waals surface area contributed by atoms with Gasteiger partial charge < -0.3 is 4.74 Å². The van der Waals surface area contributed by atoms with Gasteiger partial charge in [-0.05, 0) is 31.4 Å². The third-order valence-corrected chi connectivity index (χ3v) is 5.90. The number of morpholine rings is 1. The highest BCUT2D eigenvalue weighted by Gasteiger charge is 2.42. The lowest BCUT2D eigenvalue weighted by atomic mass is 10.2. The Bertz CT molecular complexity index is 642. The predicted molar refractivity (Wildman–Crippen MR) is 67.6 cm³/mol. The number of halogens is 3. The Balaban J connectivity index is 2.00. The lowest BCUT2D eigenvalue weighted by molar-refractivity contribution is -0.0241. The van der Waals surface area contributed by atoms with Gasteiger partial charge in [-0.2, -0.15) is 4.31 Å². The van der Waals surface area contributed by atoms with Gasteiger partial charge in [-0.15, -0.1) is 0 Å². The van der Waals surface area contributed by atoms with Crippen LogP contribution in [0.3, 0.4) is 0 Å². The molecule has 2 aliphatic rings. The van der Waals surface area contributed by atoms with Crippen LogP contribution in [0.25, 0.3) is 0 Å². The number of nitrogens with zero attached hydrogens (tertiary/aromatic N) is 1. The number of ether oxygens (including phenoxy) is 1. The van der Waals surface area contributed by atoms with Crippen molar-refractivity contribution in [1.82, 2.24) is 4.31 Å². The first-order valence-electron chi connectivity index (χ1n) is 6.69. The number of fused-ring (bicyclic) bond motifs is 1. The van der Waals surface area contributed by atoms with Crippen LogP contribution < -0.4 is 0 Å². The van der Waals surface area contributed by atoms with Gasteiger partial charge in [0.05, 0.1) is 23.6 Å². The maximum Gasteiger partial charge on any atom is 0.243 e. The number of hydrogen-bond acceptors (Lipinski definition) is 3. The van der Waals surface area contributed by atoms with Crippen LogP contribution in [0.4, 0.5) is 13.2 Å². The van der Waals surface area contributed by atoms with Crippen molar-refractivity contribution in [1.29, 1.82) is 0 Å². The maximum absolute atomic E-state index is 13.3. The molecule has 2 fully saturated rings. The normalized spacial score (nSPS) is 26.8. The lowest BCUT2D eigenvalue weighted by Crippen LogP contribution is -2.51. The highest BCUT2D eigenvalue weighted by Crippen LogP contribution is 2.33. The Labute approximate surface area is 120 Å². The number of benzene rings is 1. The first-order chi connectivity index (χ1) is 9.91. The summed E-state index contributed by atoms with van der Waals surface area (Å²) in [6, 6.07) is 0.722. The average Bonchev–Trinajstić information content (AvgIpc) is 2.92. The molecule has 1 saturated carbocycles. The van der Waals surface area contributed by atoms with Gasteiger partial charge in [0.15, 0.2) is 17.5 Å². The van der Waals surface area contributed by atoms with Gasteiger partial charge >= 0.3 is 0 Å². The van der Waals surface area contributed by atoms with Crippen LogP contribution in [0.1, 0.15) is 19.3 Å². The Morgan fingerprint density at radius 3 is 2.48 bits per heavy atom. The van der Waals surface area contributed by atoms with Crippen molar-refractivity contribution < 1.29 is 26.3 Å². The molecule has 0 N–H and O–H groups in total. The van der Waals surface area contributed by atoms with Crippen molar-refractivity contribution >= 4 is 10.0 Å². The van der Waals surface area contributed by atoms with E-state index < -0.39 is 32.4 Å². The molecule has 3 rings (SSSR count). The lowest BCUT2D eigenvalue weighted by Gasteiger charge is -2.36. The molecule has 2 atom stereocenters. The number of rotatable bonds is 2. The molecule has 0 aromatic heterocycles. The molecule has 1 heterocycles. The second kappa shape index (κ2) is 5.26. The van der Waals surface area contributed by atoms with Crippen molar-refractivity contribution in [3.8, 4) is 0 Å². The molecule has 1 aliphatic carbocycles. The Morgan fingerprint density at radius 2 is 1.81 bits per heavy atom. The van der Waals surface area contributed by atoms with Crippen molar-refractivity contribution in [3.63, 3.8) is 0 Å². The first-order valence-corrected chi connectivity index (χ1v) is 8.13. The molecule has 1 aliphatic heterocycles. The zero-order chi connectivity index (χ0) is 15.2. The predicted octanol–water partition coefficient (Wildman–Crippen LogP) is 2.05. The maximum atomic E-state index is 13.3. The fourth-order valence-electron chi connectivity index (χ4n) is 3.01. The zero-order valence-corrected chi connectivity index (χ0v) is 11.9. The minimum atomic E-state index is -4.07. The van der Waals surface area contributed by atoms with Gasteiger partial charge in [0.2, 0.25) is 10.0 Å². The van der Waals surface area contributed by atoms with E-state index in [9.17, 15) is 21.6 Å². The minimum absolute atomic E-state index is 0.129. The Hall–Kier alpha value is -1.12. The molecular weight excluding hydrogens is 307 g/mol. The smallest absolute Gasteiger partial charge is 0.243 e. The summed E-state index contributed by atoms with van der Waals surface area (Å²) in [5.74, 6) is -4.69. The Morgan fingerprint density at radius 1 is 1.14 bits per heavy atom. The third-order valence-electron chi connectivity index (χ3n) is 4.00. The molecule has 4 nitrogen and oxygen atoms in total. The molecule has 8 heteroatoms. The van der Waals surface area contributed by atoms with Crippen molar-refractivity contribution in [3.05, 3.63) is 29.6 Å². The van der Waals surface area contributed by atoms with Gasteiger partial charge in [0.1, 0.15) is 0 Å². The van der Waals surface area contributed by atoms with E-state index in [2.05, 4.69) is 0 Å². The summed E-state index contributed by atoms with van der Waals surface area (Å²) in [5, 5.41) is 0. The molecule has 1 saturated heterocycles. The summed E-state index contributed by atoms with van der Waals surface area (Å²) < 4.78 is 71.4. The monoisotopic (exact) mass is 321 g/mol. The van der Waals surface area contributed by atoms with E-state index in [0.29, 0.717) is 18.6 Å². The fourth-order valence-corrected chi connectivity index (χ4v) is 4.69. The van der Waals surface area contributed by atoms with Crippen LogP contribution in [0.2, 0.25) is 0 Å². The molecule has 0 unspecified atom stereocenters. The highest BCUT2D eigenvalue weighted by molar-refractivity contribution is 7.89. The minimum Gasteiger partial charge on any atom is -0.375 e. The van der Waals surface area contributed by atoms with Gasteiger partial charge in [0.25, 0.3) is 0 Å². The van der Waals surface area contributed by atoms with Crippen molar-refractivity contribution in [2.45, 2.75) is 36.3 Å². The van der Waals surface area contributed by atoms with Crippen LogP contribution in [0.15, 0.2) is 17.0 Å². The molecular formula is C13H14F3NO3S. The van der Waals surface area contributed by atoms with Crippen LogP contribution in [0, 0.1) is 17.5 Å². The molecule has 1 aromatic carbocycles. The summed E-state index contributed by atoms with van der Waals surface area (Å²) in [4.78, 5) is -0.563. The number of sulfonamides is 1. The molecule has 21 heavy (non-hydrogen) atoms. The van der Waals surface area contributed by atoms with E-state index >= 15 is 0 Å². The van der Waals surface area contributed by atoms with E-state index in [1.54, 1.807) is 0 Å². The molecule has 0 spiro atoms. The molecule has 116 valence electrons. The second-order valence-corrected chi connectivity index (χ2v) is 7.11. The van der Waals surface area contributed by atoms with Crippen LogP contribution in [-0.4, -0.2) is 38.0 Å². The molecule has 1 aromatic rings. The summed E-state index contributed by atoms with van der Waals surface area (Å²) in [7, 11) is -4.07. The van der Waals surface area contributed by atoms with Gasteiger partial charge in [0, 0.05) is 6.54 Å². The van der Waals surface area contributed by atoms with E-state index in [1.165, 1.54) is 4.31 Å². The second-order valence-electron chi connectivity index (χ2n) is 5.22. The van der Waals surface area contributed by atoms with E-state index in [0.717, 1.165) is 12.8 Å². The quantitative estimate of drug-likeness (QED) is 0.783. The van der Waals surface area contributed by atoms with E-state index in [1.807, 2.05) is 0 Å². The van der Waals surface area contributed by atoms with Gasteiger partial charge in [-0.1, -0.05) is 0 Å². The van der Waals surface area contributed by atoms with Crippen molar-refractivity contribution in [2.24, 2.45) is 0 Å². The van der Waals surface area contributed by atoms with E-state index in [4.69, 9.17) is 4.74 Å².